The molecule has 84 valence electrons. The molecule has 1 unspecified atom stereocenters. The van der Waals surface area contributed by atoms with Gasteiger partial charge in [0.05, 0.1) is 5.69 Å². The molecule has 2 rings (SSSR count). The van der Waals surface area contributed by atoms with Gasteiger partial charge >= 0.3 is 0 Å². The van der Waals surface area contributed by atoms with Gasteiger partial charge in [-0.25, -0.2) is 4.98 Å². The van der Waals surface area contributed by atoms with Crippen molar-refractivity contribution in [3.8, 4) is 0 Å². The Kier molecular flexibility index (Phi) is 3.38. The first-order chi connectivity index (χ1) is 7.31. The zero-order valence-corrected chi connectivity index (χ0v) is 9.20. The highest BCUT2D eigenvalue weighted by Crippen LogP contribution is 2.25. The van der Waals surface area contributed by atoms with Crippen LogP contribution >= 0.6 is 0 Å². The first-order valence-corrected chi connectivity index (χ1v) is 5.67. The van der Waals surface area contributed by atoms with Crippen molar-refractivity contribution in [2.75, 3.05) is 19.6 Å². The van der Waals surface area contributed by atoms with Gasteiger partial charge in [0.1, 0.15) is 6.26 Å². The minimum absolute atomic E-state index is 0.296. The third kappa shape index (κ3) is 2.38. The molecule has 0 saturated carbocycles. The lowest BCUT2D eigenvalue weighted by atomic mass is 9.98. The number of rotatable bonds is 3. The Bertz CT molecular complexity index is 305. The molecule has 0 radical (unpaired) electrons. The van der Waals surface area contributed by atoms with Crippen LogP contribution in [0.3, 0.4) is 0 Å². The molecule has 0 spiro atoms. The quantitative estimate of drug-likeness (QED) is 0.785. The second-order valence-electron chi connectivity index (χ2n) is 4.27. The smallest absolute Gasteiger partial charge is 0.197 e. The number of aromatic nitrogens is 1. The maximum absolute atomic E-state index is 5.60. The summed E-state index contributed by atoms with van der Waals surface area (Å²) in [6.07, 6.45) is 4.00. The van der Waals surface area contributed by atoms with Crippen molar-refractivity contribution in [3.63, 3.8) is 0 Å². The number of piperidine rings is 1. The van der Waals surface area contributed by atoms with Crippen LogP contribution in [0.1, 0.15) is 43.2 Å². The Morgan fingerprint density at radius 2 is 2.33 bits per heavy atom. The van der Waals surface area contributed by atoms with Crippen molar-refractivity contribution in [2.45, 2.75) is 31.6 Å². The zero-order chi connectivity index (χ0) is 10.7. The molecular weight excluding hydrogens is 190 g/mol. The lowest BCUT2D eigenvalue weighted by molar-refractivity contribution is 0.374. The van der Waals surface area contributed by atoms with Gasteiger partial charge in [-0.05, 0) is 25.9 Å². The fraction of sp³-hybridized carbons (Fsp3) is 0.727. The maximum atomic E-state index is 5.60. The molecule has 4 nitrogen and oxygen atoms in total. The van der Waals surface area contributed by atoms with Crippen LogP contribution in [0.25, 0.3) is 0 Å². The Balaban J connectivity index is 2.05. The normalized spacial score (nSPS) is 20.4. The van der Waals surface area contributed by atoms with E-state index in [4.69, 9.17) is 10.2 Å². The molecule has 1 aromatic rings. The van der Waals surface area contributed by atoms with Gasteiger partial charge in [0.15, 0.2) is 5.89 Å². The molecule has 1 saturated heterocycles. The molecule has 1 atom stereocenters. The molecule has 1 fully saturated rings. The average Bonchev–Trinajstić information content (AvgIpc) is 2.78. The van der Waals surface area contributed by atoms with Crippen LogP contribution in [-0.2, 0) is 0 Å². The molecule has 15 heavy (non-hydrogen) atoms. The number of nitrogens with two attached hydrogens (primary N) is 1. The molecule has 0 aromatic carbocycles. The molecule has 2 heterocycles. The highest BCUT2D eigenvalue weighted by atomic mass is 16.3. The first kappa shape index (κ1) is 10.6. The summed E-state index contributed by atoms with van der Waals surface area (Å²) in [5.74, 6) is 1.68. The zero-order valence-electron chi connectivity index (χ0n) is 9.20. The number of hydrogen-bond donors (Lipinski definition) is 2. The molecule has 1 aliphatic rings. The van der Waals surface area contributed by atoms with E-state index in [-0.39, 0.29) is 0 Å². The maximum Gasteiger partial charge on any atom is 0.197 e. The van der Waals surface area contributed by atoms with Gasteiger partial charge in [-0.2, -0.15) is 0 Å². The molecule has 0 amide bonds. The summed E-state index contributed by atoms with van der Waals surface area (Å²) in [5.41, 5.74) is 6.59. The standard InChI is InChI=1S/C11H19N3O/c1-8(6-12)10-7-15-11(14-10)9-2-4-13-5-3-9/h7-9,13H,2-6,12H2,1H3. The third-order valence-electron chi connectivity index (χ3n) is 3.09. The van der Waals surface area contributed by atoms with Crippen molar-refractivity contribution in [1.82, 2.24) is 10.3 Å². The third-order valence-corrected chi connectivity index (χ3v) is 3.09. The minimum Gasteiger partial charge on any atom is -0.448 e. The van der Waals surface area contributed by atoms with E-state index in [1.807, 2.05) is 0 Å². The fourth-order valence-electron chi connectivity index (χ4n) is 1.90. The number of nitrogens with zero attached hydrogens (tertiary/aromatic N) is 1. The number of nitrogens with one attached hydrogen (secondary N) is 1. The van der Waals surface area contributed by atoms with E-state index in [0.29, 0.717) is 18.4 Å². The molecule has 0 aliphatic carbocycles. The van der Waals surface area contributed by atoms with Crippen molar-refractivity contribution < 1.29 is 4.42 Å². The van der Waals surface area contributed by atoms with E-state index in [9.17, 15) is 0 Å². The van der Waals surface area contributed by atoms with Gasteiger partial charge in [-0.1, -0.05) is 6.92 Å². The largest absolute Gasteiger partial charge is 0.448 e. The Morgan fingerprint density at radius 3 is 3.00 bits per heavy atom. The van der Waals surface area contributed by atoms with Crippen LogP contribution < -0.4 is 11.1 Å². The van der Waals surface area contributed by atoms with Gasteiger partial charge in [-0.15, -0.1) is 0 Å². The molecule has 3 N–H and O–H groups in total. The van der Waals surface area contributed by atoms with Crippen LogP contribution in [0.15, 0.2) is 10.7 Å². The SMILES string of the molecule is CC(CN)c1coc(C2CCNCC2)n1. The molecular formula is C11H19N3O. The second-order valence-corrected chi connectivity index (χ2v) is 4.27. The van der Waals surface area contributed by atoms with Crippen LogP contribution in [0, 0.1) is 0 Å². The van der Waals surface area contributed by atoms with Gasteiger partial charge in [0.2, 0.25) is 0 Å². The second kappa shape index (κ2) is 4.77. The Morgan fingerprint density at radius 1 is 1.60 bits per heavy atom. The van der Waals surface area contributed by atoms with Crippen LogP contribution in [0.4, 0.5) is 0 Å². The summed E-state index contributed by atoms with van der Waals surface area (Å²) < 4.78 is 5.53. The van der Waals surface area contributed by atoms with Crippen LogP contribution in [0.5, 0.6) is 0 Å². The van der Waals surface area contributed by atoms with Gasteiger partial charge in [0, 0.05) is 18.4 Å². The Hall–Kier alpha value is -0.870. The van der Waals surface area contributed by atoms with Gasteiger partial charge in [0.25, 0.3) is 0 Å². The van der Waals surface area contributed by atoms with Crippen LogP contribution in [-0.4, -0.2) is 24.6 Å². The molecule has 1 aliphatic heterocycles. The first-order valence-electron chi connectivity index (χ1n) is 5.67. The van der Waals surface area contributed by atoms with Crippen molar-refractivity contribution in [1.29, 1.82) is 0 Å². The van der Waals surface area contributed by atoms with Crippen LogP contribution in [0.2, 0.25) is 0 Å². The summed E-state index contributed by atoms with van der Waals surface area (Å²) in [5, 5.41) is 3.34. The van der Waals surface area contributed by atoms with Crippen molar-refractivity contribution in [2.24, 2.45) is 5.73 Å². The Labute approximate surface area is 90.2 Å². The fourth-order valence-corrected chi connectivity index (χ4v) is 1.90. The summed E-state index contributed by atoms with van der Waals surface area (Å²) in [6, 6.07) is 0. The lowest BCUT2D eigenvalue weighted by Gasteiger charge is -2.19. The average molecular weight is 209 g/mol. The highest BCUT2D eigenvalue weighted by molar-refractivity contribution is 5.06. The molecule has 4 heteroatoms. The van der Waals surface area contributed by atoms with E-state index in [2.05, 4.69) is 17.2 Å². The van der Waals surface area contributed by atoms with E-state index >= 15 is 0 Å². The van der Waals surface area contributed by atoms with E-state index in [0.717, 1.165) is 37.5 Å². The number of hydrogen-bond acceptors (Lipinski definition) is 4. The lowest BCUT2D eigenvalue weighted by Crippen LogP contribution is -2.26. The molecule has 1 aromatic heterocycles. The minimum atomic E-state index is 0.296. The molecule has 0 bridgehead atoms. The summed E-state index contributed by atoms with van der Waals surface area (Å²) in [4.78, 5) is 4.53. The van der Waals surface area contributed by atoms with Crippen molar-refractivity contribution in [3.05, 3.63) is 17.8 Å². The predicted octanol–water partition coefficient (Wildman–Crippen LogP) is 1.20. The number of oxazole rings is 1. The van der Waals surface area contributed by atoms with E-state index < -0.39 is 0 Å². The summed E-state index contributed by atoms with van der Waals surface area (Å²) in [6.45, 7) is 4.83. The van der Waals surface area contributed by atoms with Gasteiger partial charge < -0.3 is 15.5 Å². The van der Waals surface area contributed by atoms with E-state index in [1.165, 1.54) is 0 Å². The highest BCUT2D eigenvalue weighted by Gasteiger charge is 2.21. The summed E-state index contributed by atoms with van der Waals surface area (Å²) in [7, 11) is 0. The predicted molar refractivity (Wildman–Crippen MR) is 58.8 cm³/mol. The summed E-state index contributed by atoms with van der Waals surface area (Å²) >= 11 is 0. The van der Waals surface area contributed by atoms with Crippen molar-refractivity contribution >= 4 is 0 Å². The van der Waals surface area contributed by atoms with E-state index in [1.54, 1.807) is 6.26 Å². The monoisotopic (exact) mass is 209 g/mol. The topological polar surface area (TPSA) is 64.1 Å². The van der Waals surface area contributed by atoms with Gasteiger partial charge in [-0.3, -0.25) is 0 Å².